The molecule has 1 aliphatic rings. The van der Waals surface area contributed by atoms with Crippen LogP contribution in [-0.4, -0.2) is 43.3 Å². The highest BCUT2D eigenvalue weighted by Gasteiger charge is 2.34. The average Bonchev–Trinajstić information content (AvgIpc) is 2.52. The van der Waals surface area contributed by atoms with Crippen LogP contribution in [0.1, 0.15) is 39.5 Å². The van der Waals surface area contributed by atoms with Gasteiger partial charge in [-0.3, -0.25) is 10.1 Å². The maximum atomic E-state index is 12.0. The van der Waals surface area contributed by atoms with Gasteiger partial charge in [-0.1, -0.05) is 13.3 Å². The first kappa shape index (κ1) is 13.5. The summed E-state index contributed by atoms with van der Waals surface area (Å²) in [5, 5.41) is 3.34. The van der Waals surface area contributed by atoms with Gasteiger partial charge in [-0.15, -0.1) is 0 Å². The Balaban J connectivity index is 2.32. The van der Waals surface area contributed by atoms with Crippen LogP contribution >= 0.6 is 0 Å². The number of rotatable bonds is 7. The number of amides is 1. The first-order valence-electron chi connectivity index (χ1n) is 6.26. The Labute approximate surface area is 98.3 Å². The van der Waals surface area contributed by atoms with Crippen LogP contribution in [0.5, 0.6) is 0 Å². The minimum atomic E-state index is 0.0439. The number of ether oxygens (including phenoxy) is 1. The second kappa shape index (κ2) is 6.86. The first-order chi connectivity index (χ1) is 7.70. The minimum Gasteiger partial charge on any atom is -0.385 e. The standard InChI is InChI=1S/C12H24N2O2/c1-4-7-11-12(15)14(10(2)13-11)8-5-6-9-16-3/h10-11,13H,4-9H2,1-3H3. The molecule has 2 unspecified atom stereocenters. The molecule has 94 valence electrons. The van der Waals surface area contributed by atoms with E-state index in [1.54, 1.807) is 7.11 Å². The first-order valence-corrected chi connectivity index (χ1v) is 6.26. The molecular formula is C12H24N2O2. The van der Waals surface area contributed by atoms with E-state index in [2.05, 4.69) is 19.2 Å². The van der Waals surface area contributed by atoms with Crippen molar-refractivity contribution in [2.75, 3.05) is 20.3 Å². The molecule has 4 nitrogen and oxygen atoms in total. The van der Waals surface area contributed by atoms with Crippen LogP contribution in [-0.2, 0) is 9.53 Å². The largest absolute Gasteiger partial charge is 0.385 e. The lowest BCUT2D eigenvalue weighted by Gasteiger charge is -2.20. The molecule has 0 aromatic rings. The Morgan fingerprint density at radius 3 is 2.81 bits per heavy atom. The molecule has 1 amide bonds. The van der Waals surface area contributed by atoms with Crippen molar-refractivity contribution < 1.29 is 9.53 Å². The molecule has 0 aromatic heterocycles. The molecular weight excluding hydrogens is 204 g/mol. The molecule has 0 aliphatic carbocycles. The number of hydrogen-bond acceptors (Lipinski definition) is 3. The van der Waals surface area contributed by atoms with E-state index in [1.807, 2.05) is 4.90 Å². The molecule has 2 atom stereocenters. The van der Waals surface area contributed by atoms with Gasteiger partial charge in [-0.2, -0.15) is 0 Å². The van der Waals surface area contributed by atoms with E-state index in [9.17, 15) is 4.79 Å². The van der Waals surface area contributed by atoms with E-state index in [-0.39, 0.29) is 18.1 Å². The fraction of sp³-hybridized carbons (Fsp3) is 0.917. The number of hydrogen-bond donors (Lipinski definition) is 1. The fourth-order valence-corrected chi connectivity index (χ4v) is 2.17. The van der Waals surface area contributed by atoms with E-state index in [0.717, 1.165) is 38.8 Å². The highest BCUT2D eigenvalue weighted by molar-refractivity contribution is 5.84. The van der Waals surface area contributed by atoms with Crippen molar-refractivity contribution >= 4 is 5.91 Å². The second-order valence-electron chi connectivity index (χ2n) is 4.42. The third-order valence-corrected chi connectivity index (χ3v) is 3.07. The van der Waals surface area contributed by atoms with Crippen molar-refractivity contribution in [3.8, 4) is 0 Å². The Morgan fingerprint density at radius 2 is 2.19 bits per heavy atom. The van der Waals surface area contributed by atoms with Crippen molar-refractivity contribution in [2.45, 2.75) is 51.7 Å². The Morgan fingerprint density at radius 1 is 1.44 bits per heavy atom. The molecule has 0 bridgehead atoms. The van der Waals surface area contributed by atoms with Gasteiger partial charge in [0, 0.05) is 20.3 Å². The summed E-state index contributed by atoms with van der Waals surface area (Å²) in [6.45, 7) is 5.80. The number of unbranched alkanes of at least 4 members (excludes halogenated alkanes) is 1. The van der Waals surface area contributed by atoms with E-state index >= 15 is 0 Å². The van der Waals surface area contributed by atoms with Gasteiger partial charge in [0.05, 0.1) is 12.2 Å². The number of carbonyl (C=O) groups excluding carboxylic acids is 1. The summed E-state index contributed by atoms with van der Waals surface area (Å²) in [4.78, 5) is 14.0. The van der Waals surface area contributed by atoms with Gasteiger partial charge in [0.1, 0.15) is 0 Å². The van der Waals surface area contributed by atoms with Crippen molar-refractivity contribution in [3.63, 3.8) is 0 Å². The lowest BCUT2D eigenvalue weighted by molar-refractivity contribution is -0.130. The summed E-state index contributed by atoms with van der Waals surface area (Å²) in [5.74, 6) is 0.270. The van der Waals surface area contributed by atoms with Crippen molar-refractivity contribution in [3.05, 3.63) is 0 Å². The normalized spacial score (nSPS) is 25.4. The lowest BCUT2D eigenvalue weighted by atomic mass is 10.1. The number of carbonyl (C=O) groups is 1. The van der Waals surface area contributed by atoms with Crippen molar-refractivity contribution in [1.82, 2.24) is 10.2 Å². The summed E-state index contributed by atoms with van der Waals surface area (Å²) in [7, 11) is 1.71. The molecule has 0 radical (unpaired) electrons. The van der Waals surface area contributed by atoms with Gasteiger partial charge in [-0.05, 0) is 26.2 Å². The molecule has 1 fully saturated rings. The van der Waals surface area contributed by atoms with Gasteiger partial charge in [0.2, 0.25) is 5.91 Å². The maximum absolute atomic E-state index is 12.0. The molecule has 0 aromatic carbocycles. The minimum absolute atomic E-state index is 0.0439. The lowest BCUT2D eigenvalue weighted by Crippen LogP contribution is -2.35. The molecule has 1 heterocycles. The average molecular weight is 228 g/mol. The number of nitrogens with one attached hydrogen (secondary N) is 1. The van der Waals surface area contributed by atoms with Crippen LogP contribution in [0.25, 0.3) is 0 Å². The third-order valence-electron chi connectivity index (χ3n) is 3.07. The quantitative estimate of drug-likeness (QED) is 0.669. The molecule has 1 saturated heterocycles. The monoisotopic (exact) mass is 228 g/mol. The van der Waals surface area contributed by atoms with E-state index in [4.69, 9.17) is 4.74 Å². The van der Waals surface area contributed by atoms with Crippen LogP contribution in [0.15, 0.2) is 0 Å². The zero-order valence-corrected chi connectivity index (χ0v) is 10.7. The third kappa shape index (κ3) is 3.46. The zero-order chi connectivity index (χ0) is 12.0. The fourth-order valence-electron chi connectivity index (χ4n) is 2.17. The molecule has 16 heavy (non-hydrogen) atoms. The molecule has 1 rings (SSSR count). The van der Waals surface area contributed by atoms with Crippen LogP contribution in [0.2, 0.25) is 0 Å². The summed E-state index contributed by atoms with van der Waals surface area (Å²) >= 11 is 0. The van der Waals surface area contributed by atoms with Crippen LogP contribution in [0, 0.1) is 0 Å². The van der Waals surface area contributed by atoms with Crippen LogP contribution < -0.4 is 5.32 Å². The summed E-state index contributed by atoms with van der Waals surface area (Å²) in [5.41, 5.74) is 0. The number of nitrogens with zero attached hydrogens (tertiary/aromatic N) is 1. The summed E-state index contributed by atoms with van der Waals surface area (Å²) < 4.78 is 5.00. The summed E-state index contributed by atoms with van der Waals surface area (Å²) in [6.07, 6.45) is 4.22. The van der Waals surface area contributed by atoms with Crippen molar-refractivity contribution in [1.29, 1.82) is 0 Å². The smallest absolute Gasteiger partial charge is 0.241 e. The summed E-state index contributed by atoms with van der Waals surface area (Å²) in [6, 6.07) is 0.0439. The highest BCUT2D eigenvalue weighted by Crippen LogP contribution is 2.14. The van der Waals surface area contributed by atoms with Crippen LogP contribution in [0.4, 0.5) is 0 Å². The molecule has 1 N–H and O–H groups in total. The van der Waals surface area contributed by atoms with Gasteiger partial charge < -0.3 is 9.64 Å². The van der Waals surface area contributed by atoms with Gasteiger partial charge >= 0.3 is 0 Å². The Bertz CT molecular complexity index is 221. The topological polar surface area (TPSA) is 41.6 Å². The Kier molecular flexibility index (Phi) is 5.77. The number of methoxy groups -OCH3 is 1. The molecule has 0 spiro atoms. The maximum Gasteiger partial charge on any atom is 0.241 e. The SMILES string of the molecule is CCCC1NC(C)N(CCCCOC)C1=O. The Hall–Kier alpha value is -0.610. The van der Waals surface area contributed by atoms with Gasteiger partial charge in [-0.25, -0.2) is 0 Å². The van der Waals surface area contributed by atoms with E-state index < -0.39 is 0 Å². The second-order valence-corrected chi connectivity index (χ2v) is 4.42. The molecule has 4 heteroatoms. The zero-order valence-electron chi connectivity index (χ0n) is 10.7. The molecule has 0 saturated carbocycles. The van der Waals surface area contributed by atoms with E-state index in [1.165, 1.54) is 0 Å². The van der Waals surface area contributed by atoms with E-state index in [0.29, 0.717) is 0 Å². The van der Waals surface area contributed by atoms with Gasteiger partial charge in [0.15, 0.2) is 0 Å². The molecule has 1 aliphatic heterocycles. The highest BCUT2D eigenvalue weighted by atomic mass is 16.5. The van der Waals surface area contributed by atoms with Crippen LogP contribution in [0.3, 0.4) is 0 Å². The predicted molar refractivity (Wildman–Crippen MR) is 64.1 cm³/mol. The van der Waals surface area contributed by atoms with Crippen molar-refractivity contribution in [2.24, 2.45) is 0 Å². The predicted octanol–water partition coefficient (Wildman–Crippen LogP) is 1.36. The van der Waals surface area contributed by atoms with Gasteiger partial charge in [0.25, 0.3) is 0 Å².